The zero-order valence-corrected chi connectivity index (χ0v) is 25.6. The van der Waals surface area contributed by atoms with Crippen molar-refractivity contribution in [2.45, 2.75) is 19.6 Å². The highest BCUT2D eigenvalue weighted by atomic mass is 16.4. The van der Waals surface area contributed by atoms with Gasteiger partial charge in [0.1, 0.15) is 17.2 Å². The first kappa shape index (κ1) is 35.8. The lowest BCUT2D eigenvalue weighted by Crippen LogP contribution is -2.44. The van der Waals surface area contributed by atoms with Crippen molar-refractivity contribution in [2.24, 2.45) is 0 Å². The third-order valence-corrected chi connectivity index (χ3v) is 7.43. The largest absolute Gasteiger partial charge is 0.508 e. The fraction of sp³-hybridized carbons (Fsp3) is 0.364. The van der Waals surface area contributed by atoms with Crippen LogP contribution >= 0.6 is 0 Å². The number of para-hydroxylation sites is 3. The summed E-state index contributed by atoms with van der Waals surface area (Å²) in [6.07, 6.45) is 0. The van der Waals surface area contributed by atoms with Crippen LogP contribution in [0.4, 0.5) is 0 Å². The summed E-state index contributed by atoms with van der Waals surface area (Å²) in [6.45, 7) is 1.65. The van der Waals surface area contributed by atoms with Crippen LogP contribution in [0.1, 0.15) is 16.7 Å². The maximum absolute atomic E-state index is 11.7. The Kier molecular flexibility index (Phi) is 14.3. The Morgan fingerprint density at radius 3 is 0.891 bits per heavy atom. The van der Waals surface area contributed by atoms with E-state index in [0.29, 0.717) is 36.3 Å². The first-order chi connectivity index (χ1) is 22.0. The molecule has 0 radical (unpaired) electrons. The Bertz CT molecular complexity index is 1270. The van der Waals surface area contributed by atoms with Gasteiger partial charge in [0, 0.05) is 75.6 Å². The van der Waals surface area contributed by atoms with E-state index in [4.69, 9.17) is 0 Å². The highest BCUT2D eigenvalue weighted by molar-refractivity contribution is 5.69. The van der Waals surface area contributed by atoms with Gasteiger partial charge in [-0.25, -0.2) is 0 Å². The number of phenolic OH excluding ortho intramolecular Hbond substituents is 3. The molecule has 46 heavy (non-hydrogen) atoms. The van der Waals surface area contributed by atoms with E-state index >= 15 is 0 Å². The van der Waals surface area contributed by atoms with Crippen molar-refractivity contribution in [1.82, 2.24) is 19.6 Å². The molecule has 0 spiro atoms. The van der Waals surface area contributed by atoms with Gasteiger partial charge in [0.25, 0.3) is 0 Å². The summed E-state index contributed by atoms with van der Waals surface area (Å²) in [7, 11) is 0. The molecule has 0 unspecified atom stereocenters. The van der Waals surface area contributed by atoms with Gasteiger partial charge < -0.3 is 30.6 Å². The molecule has 0 aliphatic heterocycles. The van der Waals surface area contributed by atoms with Gasteiger partial charge in [0.2, 0.25) is 0 Å². The van der Waals surface area contributed by atoms with Gasteiger partial charge in [-0.2, -0.15) is 0 Å². The minimum absolute atomic E-state index is 0.0525. The molecule has 0 bridgehead atoms. The minimum atomic E-state index is -1.03. The SMILES string of the molecule is O=C(O)CN(CCN(CCN(CC(=O)O)Cc1ccccc1O)CCN(CC(=O)O)Cc1ccccc1O)Cc1ccccc1O. The second kappa shape index (κ2) is 18.3. The van der Waals surface area contributed by atoms with Crippen molar-refractivity contribution in [3.8, 4) is 17.2 Å². The van der Waals surface area contributed by atoms with Crippen molar-refractivity contribution >= 4 is 17.9 Å². The van der Waals surface area contributed by atoms with E-state index in [9.17, 15) is 45.0 Å². The van der Waals surface area contributed by atoms with Crippen LogP contribution < -0.4 is 0 Å². The number of aliphatic carboxylic acids is 3. The second-order valence-corrected chi connectivity index (χ2v) is 11.0. The molecular formula is C33H42N4O9. The molecule has 3 aromatic rings. The number of carbonyl (C=O) groups is 3. The van der Waals surface area contributed by atoms with Gasteiger partial charge in [0.05, 0.1) is 19.6 Å². The van der Waals surface area contributed by atoms with Crippen LogP contribution in [-0.2, 0) is 34.0 Å². The predicted octanol–water partition coefficient (Wildman–Crippen LogP) is 2.17. The van der Waals surface area contributed by atoms with Crippen molar-refractivity contribution in [3.63, 3.8) is 0 Å². The van der Waals surface area contributed by atoms with Crippen molar-refractivity contribution in [3.05, 3.63) is 89.5 Å². The van der Waals surface area contributed by atoms with Crippen LogP contribution in [0.2, 0.25) is 0 Å². The average molecular weight is 639 g/mol. The molecule has 0 aromatic heterocycles. The average Bonchev–Trinajstić information content (AvgIpc) is 2.99. The molecule has 13 heteroatoms. The molecule has 6 N–H and O–H groups in total. The van der Waals surface area contributed by atoms with Crippen molar-refractivity contribution in [1.29, 1.82) is 0 Å². The highest BCUT2D eigenvalue weighted by Crippen LogP contribution is 2.20. The Labute approximate surface area is 267 Å². The number of hydrogen-bond donors (Lipinski definition) is 6. The molecule has 13 nitrogen and oxygen atoms in total. The Morgan fingerprint density at radius 1 is 0.413 bits per heavy atom. The Balaban J connectivity index is 1.78. The number of carboxylic acid groups (broad SMARTS) is 3. The molecule has 248 valence electrons. The van der Waals surface area contributed by atoms with E-state index in [2.05, 4.69) is 0 Å². The van der Waals surface area contributed by atoms with Gasteiger partial charge in [-0.1, -0.05) is 54.6 Å². The van der Waals surface area contributed by atoms with Crippen molar-refractivity contribution < 1.29 is 45.0 Å². The normalized spacial score (nSPS) is 11.5. The summed E-state index contributed by atoms with van der Waals surface area (Å²) < 4.78 is 0. The van der Waals surface area contributed by atoms with Crippen LogP contribution in [0.3, 0.4) is 0 Å². The number of phenols is 3. The van der Waals surface area contributed by atoms with E-state index in [1.54, 1.807) is 69.3 Å². The van der Waals surface area contributed by atoms with E-state index in [1.165, 1.54) is 18.2 Å². The second-order valence-electron chi connectivity index (χ2n) is 11.0. The third kappa shape index (κ3) is 12.7. The number of rotatable bonds is 21. The van der Waals surface area contributed by atoms with E-state index in [1.807, 2.05) is 4.90 Å². The van der Waals surface area contributed by atoms with Gasteiger partial charge in [-0.15, -0.1) is 0 Å². The number of carboxylic acids is 3. The molecule has 0 aliphatic carbocycles. The summed E-state index contributed by atoms with van der Waals surface area (Å²) in [5.41, 5.74) is 1.71. The lowest BCUT2D eigenvalue weighted by atomic mass is 10.2. The van der Waals surface area contributed by atoms with Crippen LogP contribution in [0, 0.1) is 0 Å². The maximum Gasteiger partial charge on any atom is 0.317 e. The topological polar surface area (TPSA) is 186 Å². The van der Waals surface area contributed by atoms with Crippen LogP contribution in [0.5, 0.6) is 17.2 Å². The molecule has 0 heterocycles. The van der Waals surface area contributed by atoms with Gasteiger partial charge in [-0.3, -0.25) is 34.0 Å². The van der Waals surface area contributed by atoms with E-state index < -0.39 is 17.9 Å². The zero-order valence-electron chi connectivity index (χ0n) is 25.6. The summed E-state index contributed by atoms with van der Waals surface area (Å²) in [6, 6.07) is 20.0. The van der Waals surface area contributed by atoms with Gasteiger partial charge >= 0.3 is 17.9 Å². The standard InChI is InChI=1S/C33H42N4O9/c38-28-10-4-1-7-25(28)19-35(22-31(41)42)16-13-34(14-17-36(23-32(43)44)20-26-8-2-5-11-29(26)39)15-18-37(24-33(45)46)21-27-9-3-6-12-30(27)40/h1-12,38-40H,13-24H2,(H,41,42)(H,43,44)(H,45,46). The zero-order chi connectivity index (χ0) is 33.5. The van der Waals surface area contributed by atoms with Crippen LogP contribution in [0.15, 0.2) is 72.8 Å². The van der Waals surface area contributed by atoms with Gasteiger partial charge in [-0.05, 0) is 18.2 Å². The number of aromatic hydroxyl groups is 3. The highest BCUT2D eigenvalue weighted by Gasteiger charge is 2.19. The Morgan fingerprint density at radius 2 is 0.652 bits per heavy atom. The quantitative estimate of drug-likeness (QED) is 0.0998. The van der Waals surface area contributed by atoms with Crippen molar-refractivity contribution in [2.75, 3.05) is 58.9 Å². The molecular weight excluding hydrogens is 596 g/mol. The fourth-order valence-electron chi connectivity index (χ4n) is 5.06. The first-order valence-electron chi connectivity index (χ1n) is 14.9. The summed E-state index contributed by atoms with van der Waals surface area (Å²) >= 11 is 0. The van der Waals surface area contributed by atoms with E-state index in [0.717, 1.165) is 0 Å². The van der Waals surface area contributed by atoms with Crippen LogP contribution in [0.25, 0.3) is 0 Å². The first-order valence-corrected chi connectivity index (χ1v) is 14.9. The maximum atomic E-state index is 11.7. The molecule has 0 aliphatic rings. The smallest absolute Gasteiger partial charge is 0.317 e. The van der Waals surface area contributed by atoms with E-state index in [-0.39, 0.29) is 76.2 Å². The fourth-order valence-corrected chi connectivity index (χ4v) is 5.06. The molecule has 0 amide bonds. The summed E-state index contributed by atoms with van der Waals surface area (Å²) in [5.74, 6) is -2.95. The molecule has 0 fully saturated rings. The Hall–Kier alpha value is -4.69. The molecule has 0 atom stereocenters. The van der Waals surface area contributed by atoms with Gasteiger partial charge in [0.15, 0.2) is 0 Å². The molecule has 0 saturated carbocycles. The lowest BCUT2D eigenvalue weighted by molar-refractivity contribution is -0.139. The summed E-state index contributed by atoms with van der Waals surface area (Å²) in [5, 5.41) is 59.5. The predicted molar refractivity (Wildman–Crippen MR) is 169 cm³/mol. The molecule has 3 aromatic carbocycles. The number of benzene rings is 3. The molecule has 3 rings (SSSR count). The summed E-state index contributed by atoms with van der Waals surface area (Å²) in [4.78, 5) is 42.1. The minimum Gasteiger partial charge on any atom is -0.508 e. The van der Waals surface area contributed by atoms with Crippen LogP contribution in [-0.4, -0.2) is 127 Å². The number of hydrogen-bond acceptors (Lipinski definition) is 10. The monoisotopic (exact) mass is 638 g/mol. The third-order valence-electron chi connectivity index (χ3n) is 7.43. The number of nitrogens with zero attached hydrogens (tertiary/aromatic N) is 4. The lowest BCUT2D eigenvalue weighted by Gasteiger charge is -2.31. The molecule has 0 saturated heterocycles.